The maximum absolute atomic E-state index is 12.3. The third-order valence-electron chi connectivity index (χ3n) is 4.17. The van der Waals surface area contributed by atoms with Gasteiger partial charge < -0.3 is 15.2 Å². The Morgan fingerprint density at radius 1 is 0.893 bits per heavy atom. The van der Waals surface area contributed by atoms with Crippen molar-refractivity contribution in [2.75, 3.05) is 12.4 Å². The predicted octanol–water partition coefficient (Wildman–Crippen LogP) is 4.71. The lowest BCUT2D eigenvalue weighted by molar-refractivity contribution is -0.111. The third kappa shape index (κ3) is 4.45. The number of benzene rings is 3. The molecule has 5 heteroatoms. The van der Waals surface area contributed by atoms with E-state index in [4.69, 9.17) is 4.74 Å². The number of carboxylic acid groups (broad SMARTS) is 1. The van der Waals surface area contributed by atoms with Gasteiger partial charge in [0.1, 0.15) is 5.75 Å². The standard InChI is InChI=1S/C23H19NO4/c1-28-20-9-5-8-19(23(26)27)22(20)24-21(25)15-12-16-10-13-18(14-11-16)17-6-3-2-4-7-17/h2-15H,1H3,(H,24,25)(H,26,27)/b15-12+. The molecule has 0 aliphatic heterocycles. The summed E-state index contributed by atoms with van der Waals surface area (Å²) in [6.07, 6.45) is 3.02. The van der Waals surface area contributed by atoms with Gasteiger partial charge in [-0.25, -0.2) is 4.79 Å². The van der Waals surface area contributed by atoms with E-state index in [-0.39, 0.29) is 17.0 Å². The Kier molecular flexibility index (Phi) is 5.87. The fraction of sp³-hybridized carbons (Fsp3) is 0.0435. The molecule has 0 unspecified atom stereocenters. The van der Waals surface area contributed by atoms with Crippen molar-refractivity contribution in [3.05, 3.63) is 90.0 Å². The molecule has 5 nitrogen and oxygen atoms in total. The Bertz CT molecular complexity index is 1010. The van der Waals surface area contributed by atoms with E-state index >= 15 is 0 Å². The lowest BCUT2D eigenvalue weighted by Gasteiger charge is -2.11. The van der Waals surface area contributed by atoms with Gasteiger partial charge in [0.15, 0.2) is 0 Å². The Labute approximate surface area is 162 Å². The summed E-state index contributed by atoms with van der Waals surface area (Å²) in [6, 6.07) is 22.4. The van der Waals surface area contributed by atoms with Crippen molar-refractivity contribution in [1.82, 2.24) is 0 Å². The van der Waals surface area contributed by atoms with E-state index in [1.807, 2.05) is 54.6 Å². The molecule has 1 amide bonds. The summed E-state index contributed by atoms with van der Waals surface area (Å²) in [5.74, 6) is -1.30. The fourth-order valence-corrected chi connectivity index (χ4v) is 2.76. The van der Waals surface area contributed by atoms with Crippen LogP contribution in [0, 0.1) is 0 Å². The molecule has 0 aliphatic carbocycles. The molecule has 0 saturated heterocycles. The lowest BCUT2D eigenvalue weighted by atomic mass is 10.0. The summed E-state index contributed by atoms with van der Waals surface area (Å²) < 4.78 is 5.15. The van der Waals surface area contributed by atoms with Crippen LogP contribution in [0.5, 0.6) is 5.75 Å². The number of hydrogen-bond donors (Lipinski definition) is 2. The molecule has 0 bridgehead atoms. The number of aromatic carboxylic acids is 1. The number of amides is 1. The van der Waals surface area contributed by atoms with Crippen molar-refractivity contribution in [1.29, 1.82) is 0 Å². The minimum atomic E-state index is -1.14. The molecule has 2 N–H and O–H groups in total. The van der Waals surface area contributed by atoms with Crippen molar-refractivity contribution >= 4 is 23.6 Å². The highest BCUT2D eigenvalue weighted by atomic mass is 16.5. The average molecular weight is 373 g/mol. The van der Waals surface area contributed by atoms with Crippen molar-refractivity contribution in [2.45, 2.75) is 0 Å². The van der Waals surface area contributed by atoms with Crippen LogP contribution in [-0.2, 0) is 4.79 Å². The molecule has 140 valence electrons. The lowest BCUT2D eigenvalue weighted by Crippen LogP contribution is -2.13. The molecule has 3 aromatic rings. The number of carbonyl (C=O) groups is 2. The van der Waals surface area contributed by atoms with Crippen LogP contribution in [0.2, 0.25) is 0 Å². The van der Waals surface area contributed by atoms with Crippen LogP contribution in [0.1, 0.15) is 15.9 Å². The van der Waals surface area contributed by atoms with Crippen LogP contribution in [0.4, 0.5) is 5.69 Å². The van der Waals surface area contributed by atoms with E-state index in [9.17, 15) is 14.7 Å². The van der Waals surface area contributed by atoms with Crippen LogP contribution in [0.25, 0.3) is 17.2 Å². The molecule has 0 aliphatic rings. The molecule has 0 atom stereocenters. The summed E-state index contributed by atoms with van der Waals surface area (Å²) in [6.45, 7) is 0. The van der Waals surface area contributed by atoms with E-state index in [2.05, 4.69) is 5.32 Å². The molecule has 0 heterocycles. The van der Waals surface area contributed by atoms with E-state index < -0.39 is 11.9 Å². The third-order valence-corrected chi connectivity index (χ3v) is 4.17. The summed E-state index contributed by atoms with van der Waals surface area (Å²) in [5, 5.41) is 11.9. The number of methoxy groups -OCH3 is 1. The zero-order valence-corrected chi connectivity index (χ0v) is 15.3. The number of ether oxygens (including phenoxy) is 1. The van der Waals surface area contributed by atoms with Gasteiger partial charge in [-0.05, 0) is 34.9 Å². The Morgan fingerprint density at radius 2 is 1.57 bits per heavy atom. The quantitative estimate of drug-likeness (QED) is 0.614. The fourth-order valence-electron chi connectivity index (χ4n) is 2.76. The van der Waals surface area contributed by atoms with Gasteiger partial charge in [-0.2, -0.15) is 0 Å². The number of rotatable bonds is 6. The van der Waals surface area contributed by atoms with E-state index in [1.165, 1.54) is 19.3 Å². The summed E-state index contributed by atoms with van der Waals surface area (Å²) in [5.41, 5.74) is 3.16. The second-order valence-electron chi connectivity index (χ2n) is 6.00. The van der Waals surface area contributed by atoms with Crippen LogP contribution in [0.3, 0.4) is 0 Å². The highest BCUT2D eigenvalue weighted by Gasteiger charge is 2.16. The summed E-state index contributed by atoms with van der Waals surface area (Å²) in [7, 11) is 1.42. The number of carbonyl (C=O) groups excluding carboxylic acids is 1. The zero-order chi connectivity index (χ0) is 19.9. The Morgan fingerprint density at radius 3 is 2.21 bits per heavy atom. The maximum Gasteiger partial charge on any atom is 0.337 e. The van der Waals surface area contributed by atoms with Gasteiger partial charge in [0.2, 0.25) is 5.91 Å². The molecular weight excluding hydrogens is 354 g/mol. The van der Waals surface area contributed by atoms with Crippen molar-refractivity contribution in [3.63, 3.8) is 0 Å². The first-order chi connectivity index (χ1) is 13.6. The molecule has 28 heavy (non-hydrogen) atoms. The first-order valence-electron chi connectivity index (χ1n) is 8.63. The molecule has 0 spiro atoms. The number of anilines is 1. The number of nitrogens with one attached hydrogen (secondary N) is 1. The molecule has 0 aromatic heterocycles. The Balaban J connectivity index is 1.74. The molecule has 3 rings (SSSR count). The number of hydrogen-bond acceptors (Lipinski definition) is 3. The van der Waals surface area contributed by atoms with Gasteiger partial charge in [0.05, 0.1) is 18.4 Å². The smallest absolute Gasteiger partial charge is 0.337 e. The first kappa shape index (κ1) is 18.9. The average Bonchev–Trinajstić information content (AvgIpc) is 2.73. The second kappa shape index (κ2) is 8.68. The van der Waals surface area contributed by atoms with Crippen LogP contribution in [-0.4, -0.2) is 24.1 Å². The van der Waals surface area contributed by atoms with Gasteiger partial charge in [0.25, 0.3) is 0 Å². The maximum atomic E-state index is 12.3. The van der Waals surface area contributed by atoms with Crippen molar-refractivity contribution in [3.8, 4) is 16.9 Å². The molecule has 0 radical (unpaired) electrons. The largest absolute Gasteiger partial charge is 0.495 e. The monoisotopic (exact) mass is 373 g/mol. The van der Waals surface area contributed by atoms with Crippen LogP contribution in [0.15, 0.2) is 78.9 Å². The topological polar surface area (TPSA) is 75.6 Å². The summed E-state index contributed by atoms with van der Waals surface area (Å²) in [4.78, 5) is 23.6. The minimum absolute atomic E-state index is 0.0340. The van der Waals surface area contributed by atoms with Crippen LogP contribution >= 0.6 is 0 Å². The Hall–Kier alpha value is -3.86. The van der Waals surface area contributed by atoms with Gasteiger partial charge in [0, 0.05) is 6.08 Å². The first-order valence-corrected chi connectivity index (χ1v) is 8.63. The van der Waals surface area contributed by atoms with Gasteiger partial charge in [-0.1, -0.05) is 60.7 Å². The zero-order valence-electron chi connectivity index (χ0n) is 15.3. The van der Waals surface area contributed by atoms with Crippen molar-refractivity contribution in [2.24, 2.45) is 0 Å². The second-order valence-corrected chi connectivity index (χ2v) is 6.00. The normalized spacial score (nSPS) is 10.6. The van der Waals surface area contributed by atoms with Gasteiger partial charge >= 0.3 is 5.97 Å². The summed E-state index contributed by atoms with van der Waals surface area (Å²) >= 11 is 0. The molecule has 3 aromatic carbocycles. The molecular formula is C23H19NO4. The number of carboxylic acids is 1. The van der Waals surface area contributed by atoms with Gasteiger partial charge in [-0.15, -0.1) is 0 Å². The van der Waals surface area contributed by atoms with Crippen molar-refractivity contribution < 1.29 is 19.4 Å². The highest BCUT2D eigenvalue weighted by Crippen LogP contribution is 2.28. The minimum Gasteiger partial charge on any atom is -0.495 e. The van der Waals surface area contributed by atoms with E-state index in [1.54, 1.807) is 18.2 Å². The van der Waals surface area contributed by atoms with E-state index in [0.29, 0.717) is 0 Å². The van der Waals surface area contributed by atoms with E-state index in [0.717, 1.165) is 16.7 Å². The predicted molar refractivity (Wildman–Crippen MR) is 109 cm³/mol. The van der Waals surface area contributed by atoms with Gasteiger partial charge in [-0.3, -0.25) is 4.79 Å². The molecule has 0 saturated carbocycles. The van der Waals surface area contributed by atoms with Crippen LogP contribution < -0.4 is 10.1 Å². The SMILES string of the molecule is COc1cccc(C(=O)O)c1NC(=O)/C=C/c1ccc(-c2ccccc2)cc1. The number of para-hydroxylation sites is 1. The molecule has 0 fully saturated rings. The highest BCUT2D eigenvalue weighted by molar-refractivity contribution is 6.07.